The molecule has 104 valence electrons. The van der Waals surface area contributed by atoms with E-state index < -0.39 is 0 Å². The molecule has 0 aromatic heterocycles. The molecule has 0 aliphatic rings. The van der Waals surface area contributed by atoms with Crippen molar-refractivity contribution in [1.29, 1.82) is 0 Å². The first-order chi connectivity index (χ1) is 8.09. The number of aryl methyl sites for hydroxylation is 1. The van der Waals surface area contributed by atoms with Gasteiger partial charge in [0, 0.05) is 11.6 Å². The first-order valence-corrected chi connectivity index (χ1v) is 6.25. The summed E-state index contributed by atoms with van der Waals surface area (Å²) in [5.74, 6) is 0.837. The van der Waals surface area contributed by atoms with Crippen LogP contribution in [0.4, 0.5) is 0 Å². The molecule has 1 rings (SSSR count). The molecular formula is C13H21Cl2NO2. The molecule has 5 heteroatoms. The summed E-state index contributed by atoms with van der Waals surface area (Å²) >= 11 is 5.92. The van der Waals surface area contributed by atoms with Gasteiger partial charge < -0.3 is 15.2 Å². The van der Waals surface area contributed by atoms with Crippen LogP contribution in [0.5, 0.6) is 5.75 Å². The number of nitrogens with one attached hydrogen (secondary N) is 1. The Balaban J connectivity index is 0.00000289. The zero-order valence-electron chi connectivity index (χ0n) is 10.8. The summed E-state index contributed by atoms with van der Waals surface area (Å²) in [5, 5.41) is 13.0. The van der Waals surface area contributed by atoms with Crippen LogP contribution in [0.25, 0.3) is 0 Å². The Morgan fingerprint density at radius 3 is 2.72 bits per heavy atom. The maximum Gasteiger partial charge on any atom is 0.119 e. The molecule has 0 aliphatic heterocycles. The van der Waals surface area contributed by atoms with E-state index in [2.05, 4.69) is 5.32 Å². The molecule has 0 aliphatic carbocycles. The summed E-state index contributed by atoms with van der Waals surface area (Å²) in [6, 6.07) is 5.64. The minimum absolute atomic E-state index is 0. The molecule has 0 fully saturated rings. The summed E-state index contributed by atoms with van der Waals surface area (Å²) in [6.45, 7) is 5.93. The second kappa shape index (κ2) is 9.45. The van der Waals surface area contributed by atoms with Gasteiger partial charge in [-0.05, 0) is 50.6 Å². The van der Waals surface area contributed by atoms with Crippen molar-refractivity contribution in [3.05, 3.63) is 28.8 Å². The van der Waals surface area contributed by atoms with Gasteiger partial charge in [-0.1, -0.05) is 11.6 Å². The van der Waals surface area contributed by atoms with Gasteiger partial charge >= 0.3 is 0 Å². The molecule has 18 heavy (non-hydrogen) atoms. The topological polar surface area (TPSA) is 41.5 Å². The van der Waals surface area contributed by atoms with E-state index >= 15 is 0 Å². The molecule has 0 saturated heterocycles. The number of hydrogen-bond acceptors (Lipinski definition) is 3. The summed E-state index contributed by atoms with van der Waals surface area (Å²) in [5.41, 5.74) is 1.02. The third kappa shape index (κ3) is 7.07. The van der Waals surface area contributed by atoms with E-state index in [0.29, 0.717) is 6.61 Å². The van der Waals surface area contributed by atoms with Crippen molar-refractivity contribution >= 4 is 24.0 Å². The van der Waals surface area contributed by atoms with Crippen molar-refractivity contribution in [2.75, 3.05) is 19.7 Å². The molecule has 0 spiro atoms. The number of benzene rings is 1. The van der Waals surface area contributed by atoms with E-state index in [1.54, 1.807) is 6.92 Å². The van der Waals surface area contributed by atoms with Crippen LogP contribution < -0.4 is 10.1 Å². The molecule has 0 unspecified atom stereocenters. The Kier molecular flexibility index (Phi) is 9.20. The van der Waals surface area contributed by atoms with Crippen molar-refractivity contribution in [2.24, 2.45) is 0 Å². The summed E-state index contributed by atoms with van der Waals surface area (Å²) < 4.78 is 5.57. The Hall–Kier alpha value is -0.480. The molecule has 0 saturated carbocycles. The average Bonchev–Trinajstić information content (AvgIpc) is 2.27. The highest BCUT2D eigenvalue weighted by molar-refractivity contribution is 6.31. The Bertz CT molecular complexity index is 346. The number of hydrogen-bond donors (Lipinski definition) is 2. The molecule has 1 aromatic carbocycles. The summed E-state index contributed by atoms with van der Waals surface area (Å²) in [7, 11) is 0. The molecule has 0 amide bonds. The largest absolute Gasteiger partial charge is 0.492 e. The van der Waals surface area contributed by atoms with Gasteiger partial charge in [0.15, 0.2) is 0 Å². The smallest absolute Gasteiger partial charge is 0.119 e. The minimum Gasteiger partial charge on any atom is -0.492 e. The lowest BCUT2D eigenvalue weighted by molar-refractivity contribution is 0.182. The Morgan fingerprint density at radius 2 is 2.11 bits per heavy atom. The van der Waals surface area contributed by atoms with Gasteiger partial charge in [0.05, 0.1) is 6.10 Å². The van der Waals surface area contributed by atoms with Crippen molar-refractivity contribution < 1.29 is 9.84 Å². The van der Waals surface area contributed by atoms with Crippen LogP contribution in [-0.2, 0) is 0 Å². The minimum atomic E-state index is -0.248. The predicted molar refractivity (Wildman–Crippen MR) is 78.1 cm³/mol. The summed E-state index contributed by atoms with van der Waals surface area (Å²) in [4.78, 5) is 0. The van der Waals surface area contributed by atoms with Crippen LogP contribution >= 0.6 is 24.0 Å². The highest BCUT2D eigenvalue weighted by atomic mass is 35.5. The fourth-order valence-electron chi connectivity index (χ4n) is 1.38. The molecular weight excluding hydrogens is 273 g/mol. The molecule has 1 atom stereocenters. The van der Waals surface area contributed by atoms with E-state index in [-0.39, 0.29) is 18.5 Å². The number of halogens is 2. The van der Waals surface area contributed by atoms with Crippen LogP contribution in [-0.4, -0.2) is 30.9 Å². The lowest BCUT2D eigenvalue weighted by Crippen LogP contribution is -2.24. The quantitative estimate of drug-likeness (QED) is 0.760. The van der Waals surface area contributed by atoms with Gasteiger partial charge in [0.1, 0.15) is 12.4 Å². The third-order valence-electron chi connectivity index (χ3n) is 2.42. The van der Waals surface area contributed by atoms with E-state index in [4.69, 9.17) is 21.4 Å². The standard InChI is InChI=1S/C13H20ClNO2.ClH/c1-10-9-12(3-4-13(10)14)17-8-7-15-6-5-11(2)16;/h3-4,9,11,15-16H,5-8H2,1-2H3;1H/t11-;/m1./s1. The maximum absolute atomic E-state index is 9.06. The Labute approximate surface area is 120 Å². The van der Waals surface area contributed by atoms with E-state index in [1.165, 1.54) is 0 Å². The van der Waals surface area contributed by atoms with Crippen LogP contribution in [0.3, 0.4) is 0 Å². The predicted octanol–water partition coefficient (Wildman–Crippen LogP) is 2.81. The van der Waals surface area contributed by atoms with Crippen LogP contribution in [0.1, 0.15) is 18.9 Å². The second-order valence-electron chi connectivity index (χ2n) is 4.15. The average molecular weight is 294 g/mol. The molecule has 3 nitrogen and oxygen atoms in total. The highest BCUT2D eigenvalue weighted by Gasteiger charge is 1.98. The fourth-order valence-corrected chi connectivity index (χ4v) is 1.50. The van der Waals surface area contributed by atoms with Gasteiger partial charge in [-0.25, -0.2) is 0 Å². The van der Waals surface area contributed by atoms with Gasteiger partial charge in [0.25, 0.3) is 0 Å². The van der Waals surface area contributed by atoms with E-state index in [0.717, 1.165) is 35.8 Å². The lowest BCUT2D eigenvalue weighted by atomic mass is 10.2. The van der Waals surface area contributed by atoms with Gasteiger partial charge in [-0.2, -0.15) is 0 Å². The zero-order chi connectivity index (χ0) is 12.7. The number of ether oxygens (including phenoxy) is 1. The van der Waals surface area contributed by atoms with E-state index in [9.17, 15) is 0 Å². The SMILES string of the molecule is Cc1cc(OCCNCC[C@@H](C)O)ccc1Cl.Cl. The normalized spacial score (nSPS) is 11.8. The first-order valence-electron chi connectivity index (χ1n) is 5.87. The molecule has 0 heterocycles. The van der Waals surface area contributed by atoms with E-state index in [1.807, 2.05) is 25.1 Å². The van der Waals surface area contributed by atoms with Gasteiger partial charge in [-0.15, -0.1) is 12.4 Å². The number of aliphatic hydroxyl groups is 1. The number of rotatable bonds is 7. The molecule has 0 radical (unpaired) electrons. The Morgan fingerprint density at radius 1 is 1.39 bits per heavy atom. The second-order valence-corrected chi connectivity index (χ2v) is 4.55. The van der Waals surface area contributed by atoms with Crippen molar-refractivity contribution in [1.82, 2.24) is 5.32 Å². The van der Waals surface area contributed by atoms with Crippen molar-refractivity contribution in [2.45, 2.75) is 26.4 Å². The molecule has 1 aromatic rings. The molecule has 2 N–H and O–H groups in total. The lowest BCUT2D eigenvalue weighted by Gasteiger charge is -2.09. The fraction of sp³-hybridized carbons (Fsp3) is 0.538. The van der Waals surface area contributed by atoms with Crippen molar-refractivity contribution in [3.8, 4) is 5.75 Å². The first kappa shape index (κ1) is 17.5. The van der Waals surface area contributed by atoms with Crippen LogP contribution in [0.2, 0.25) is 5.02 Å². The maximum atomic E-state index is 9.06. The van der Waals surface area contributed by atoms with Gasteiger partial charge in [-0.3, -0.25) is 0 Å². The molecule has 0 bridgehead atoms. The summed E-state index contributed by atoms with van der Waals surface area (Å²) in [6.07, 6.45) is 0.516. The third-order valence-corrected chi connectivity index (χ3v) is 2.84. The van der Waals surface area contributed by atoms with Crippen LogP contribution in [0, 0.1) is 6.92 Å². The van der Waals surface area contributed by atoms with Crippen LogP contribution in [0.15, 0.2) is 18.2 Å². The zero-order valence-corrected chi connectivity index (χ0v) is 12.4. The number of aliphatic hydroxyl groups excluding tert-OH is 1. The monoisotopic (exact) mass is 293 g/mol. The van der Waals surface area contributed by atoms with Gasteiger partial charge in [0.2, 0.25) is 0 Å². The van der Waals surface area contributed by atoms with Crippen molar-refractivity contribution in [3.63, 3.8) is 0 Å². The highest BCUT2D eigenvalue weighted by Crippen LogP contribution is 2.20.